The molecular formula is C18H29NO2. The Bertz CT molecular complexity index is 416. The van der Waals surface area contributed by atoms with Crippen LogP contribution in [0.2, 0.25) is 0 Å². The summed E-state index contributed by atoms with van der Waals surface area (Å²) in [7, 11) is 0. The molecule has 21 heavy (non-hydrogen) atoms. The number of hydrogen-bond acceptors (Lipinski definition) is 3. The molecule has 0 saturated carbocycles. The summed E-state index contributed by atoms with van der Waals surface area (Å²) in [6, 6.07) is 6.14. The first-order valence-electron chi connectivity index (χ1n) is 7.93. The third kappa shape index (κ3) is 6.67. The summed E-state index contributed by atoms with van der Waals surface area (Å²) < 4.78 is 11.7. The molecule has 0 saturated heterocycles. The van der Waals surface area contributed by atoms with E-state index in [2.05, 4.69) is 12.6 Å². The maximum absolute atomic E-state index is 6.00. The standard InChI is InChI=1S/C18H29NO2/c1-4-6-7-8-9-13-21-18-16(14-15(3)19)11-10-12-17(18)20-5-2/h4,10-12,15H,1,5-9,13-14,19H2,2-3H3. The van der Waals surface area contributed by atoms with Gasteiger partial charge in [0, 0.05) is 6.04 Å². The topological polar surface area (TPSA) is 44.5 Å². The zero-order chi connectivity index (χ0) is 15.5. The summed E-state index contributed by atoms with van der Waals surface area (Å²) in [6.45, 7) is 9.08. The molecule has 0 aliphatic rings. The number of hydrogen-bond donors (Lipinski definition) is 1. The molecule has 0 fully saturated rings. The summed E-state index contributed by atoms with van der Waals surface area (Å²) >= 11 is 0. The summed E-state index contributed by atoms with van der Waals surface area (Å²) in [4.78, 5) is 0. The number of unbranched alkanes of at least 4 members (excludes halogenated alkanes) is 3. The molecule has 0 bridgehead atoms. The molecule has 118 valence electrons. The fourth-order valence-corrected chi connectivity index (χ4v) is 2.24. The fraction of sp³-hybridized carbons (Fsp3) is 0.556. The molecule has 0 aliphatic carbocycles. The van der Waals surface area contributed by atoms with Crippen molar-refractivity contribution in [3.63, 3.8) is 0 Å². The van der Waals surface area contributed by atoms with Crippen molar-refractivity contribution in [1.29, 1.82) is 0 Å². The van der Waals surface area contributed by atoms with E-state index in [4.69, 9.17) is 15.2 Å². The maximum atomic E-state index is 6.00. The lowest BCUT2D eigenvalue weighted by atomic mass is 10.1. The number of allylic oxidation sites excluding steroid dienone is 1. The van der Waals surface area contributed by atoms with Gasteiger partial charge in [-0.1, -0.05) is 18.2 Å². The minimum absolute atomic E-state index is 0.108. The predicted octanol–water partition coefficient (Wildman–Crippen LogP) is 4.10. The van der Waals surface area contributed by atoms with Crippen LogP contribution in [0.15, 0.2) is 30.9 Å². The van der Waals surface area contributed by atoms with E-state index < -0.39 is 0 Å². The molecule has 0 aliphatic heterocycles. The van der Waals surface area contributed by atoms with E-state index in [9.17, 15) is 0 Å². The molecule has 1 aromatic rings. The highest BCUT2D eigenvalue weighted by molar-refractivity contribution is 5.47. The van der Waals surface area contributed by atoms with Crippen molar-refractivity contribution in [3.8, 4) is 11.5 Å². The Morgan fingerprint density at radius 2 is 2.05 bits per heavy atom. The van der Waals surface area contributed by atoms with Gasteiger partial charge in [-0.05, 0) is 57.6 Å². The van der Waals surface area contributed by atoms with Gasteiger partial charge in [0.15, 0.2) is 11.5 Å². The summed E-state index contributed by atoms with van der Waals surface area (Å²) in [5.74, 6) is 1.68. The van der Waals surface area contributed by atoms with Gasteiger partial charge >= 0.3 is 0 Å². The lowest BCUT2D eigenvalue weighted by Gasteiger charge is -2.17. The lowest BCUT2D eigenvalue weighted by molar-refractivity contribution is 0.268. The van der Waals surface area contributed by atoms with Crippen LogP contribution in [0.1, 0.15) is 45.1 Å². The van der Waals surface area contributed by atoms with Crippen LogP contribution in [0.4, 0.5) is 0 Å². The van der Waals surface area contributed by atoms with Crippen LogP contribution >= 0.6 is 0 Å². The van der Waals surface area contributed by atoms with E-state index >= 15 is 0 Å². The monoisotopic (exact) mass is 291 g/mol. The van der Waals surface area contributed by atoms with E-state index in [0.717, 1.165) is 42.7 Å². The van der Waals surface area contributed by atoms with Crippen molar-refractivity contribution in [3.05, 3.63) is 36.4 Å². The van der Waals surface area contributed by atoms with Crippen molar-refractivity contribution in [2.45, 2.75) is 52.0 Å². The van der Waals surface area contributed by atoms with Gasteiger partial charge in [0.1, 0.15) is 0 Å². The highest BCUT2D eigenvalue weighted by atomic mass is 16.5. The number of benzene rings is 1. The minimum atomic E-state index is 0.108. The van der Waals surface area contributed by atoms with E-state index in [1.54, 1.807) is 0 Å². The van der Waals surface area contributed by atoms with Crippen LogP contribution in [-0.2, 0) is 6.42 Å². The second-order valence-corrected chi connectivity index (χ2v) is 5.35. The Balaban J connectivity index is 2.64. The van der Waals surface area contributed by atoms with Gasteiger partial charge in [0.25, 0.3) is 0 Å². The molecule has 0 heterocycles. The van der Waals surface area contributed by atoms with Crippen molar-refractivity contribution in [2.75, 3.05) is 13.2 Å². The van der Waals surface area contributed by atoms with Gasteiger partial charge in [0.2, 0.25) is 0 Å². The van der Waals surface area contributed by atoms with Crippen LogP contribution in [0, 0.1) is 0 Å². The number of nitrogens with two attached hydrogens (primary N) is 1. The van der Waals surface area contributed by atoms with Crippen LogP contribution in [0.5, 0.6) is 11.5 Å². The fourth-order valence-electron chi connectivity index (χ4n) is 2.24. The van der Waals surface area contributed by atoms with Crippen LogP contribution in [0.3, 0.4) is 0 Å². The molecule has 0 radical (unpaired) electrons. The van der Waals surface area contributed by atoms with E-state index in [1.165, 1.54) is 6.42 Å². The Morgan fingerprint density at radius 3 is 2.71 bits per heavy atom. The van der Waals surface area contributed by atoms with Crippen LogP contribution in [-0.4, -0.2) is 19.3 Å². The number of ether oxygens (including phenoxy) is 2. The van der Waals surface area contributed by atoms with E-state index in [-0.39, 0.29) is 6.04 Å². The van der Waals surface area contributed by atoms with Gasteiger partial charge in [-0.25, -0.2) is 0 Å². The lowest BCUT2D eigenvalue weighted by Crippen LogP contribution is -2.18. The van der Waals surface area contributed by atoms with E-state index in [1.807, 2.05) is 32.1 Å². The van der Waals surface area contributed by atoms with Gasteiger partial charge in [-0.15, -0.1) is 6.58 Å². The van der Waals surface area contributed by atoms with Crippen molar-refractivity contribution < 1.29 is 9.47 Å². The molecule has 1 atom stereocenters. The minimum Gasteiger partial charge on any atom is -0.490 e. The van der Waals surface area contributed by atoms with Crippen molar-refractivity contribution in [1.82, 2.24) is 0 Å². The van der Waals surface area contributed by atoms with E-state index in [0.29, 0.717) is 13.2 Å². The van der Waals surface area contributed by atoms with Crippen LogP contribution in [0.25, 0.3) is 0 Å². The molecule has 3 heteroatoms. The van der Waals surface area contributed by atoms with Crippen molar-refractivity contribution >= 4 is 0 Å². The molecule has 0 spiro atoms. The second kappa shape index (κ2) is 10.3. The molecule has 1 aromatic carbocycles. The average molecular weight is 291 g/mol. The zero-order valence-electron chi connectivity index (χ0n) is 13.4. The summed E-state index contributed by atoms with van der Waals surface area (Å²) in [6.07, 6.45) is 7.22. The Hall–Kier alpha value is -1.48. The maximum Gasteiger partial charge on any atom is 0.164 e. The Labute approximate surface area is 129 Å². The molecule has 1 rings (SSSR count). The number of rotatable bonds is 11. The molecule has 2 N–H and O–H groups in total. The van der Waals surface area contributed by atoms with Gasteiger partial charge in [0.05, 0.1) is 13.2 Å². The number of para-hydroxylation sites is 1. The first kappa shape index (κ1) is 17.6. The third-order valence-corrected chi connectivity index (χ3v) is 3.20. The first-order chi connectivity index (χ1) is 10.2. The van der Waals surface area contributed by atoms with Crippen molar-refractivity contribution in [2.24, 2.45) is 5.73 Å². The third-order valence-electron chi connectivity index (χ3n) is 3.20. The highest BCUT2D eigenvalue weighted by Crippen LogP contribution is 2.32. The summed E-state index contributed by atoms with van der Waals surface area (Å²) in [5.41, 5.74) is 7.05. The van der Waals surface area contributed by atoms with Gasteiger partial charge in [-0.2, -0.15) is 0 Å². The smallest absolute Gasteiger partial charge is 0.164 e. The quantitative estimate of drug-likeness (QED) is 0.493. The van der Waals surface area contributed by atoms with Crippen LogP contribution < -0.4 is 15.2 Å². The molecule has 0 aromatic heterocycles. The first-order valence-corrected chi connectivity index (χ1v) is 7.93. The Morgan fingerprint density at radius 1 is 1.24 bits per heavy atom. The van der Waals surface area contributed by atoms with Gasteiger partial charge in [-0.3, -0.25) is 0 Å². The molecule has 3 nitrogen and oxygen atoms in total. The average Bonchev–Trinajstić information content (AvgIpc) is 2.44. The predicted molar refractivity (Wildman–Crippen MR) is 89.1 cm³/mol. The highest BCUT2D eigenvalue weighted by Gasteiger charge is 2.12. The largest absolute Gasteiger partial charge is 0.490 e. The Kier molecular flexibility index (Phi) is 8.60. The van der Waals surface area contributed by atoms with Gasteiger partial charge < -0.3 is 15.2 Å². The second-order valence-electron chi connectivity index (χ2n) is 5.35. The molecule has 1 unspecified atom stereocenters. The zero-order valence-corrected chi connectivity index (χ0v) is 13.4. The normalized spacial score (nSPS) is 12.0. The summed E-state index contributed by atoms with van der Waals surface area (Å²) in [5, 5.41) is 0. The molecule has 0 amide bonds. The SMILES string of the molecule is C=CCCCCCOc1c(CC(C)N)cccc1OCC. The molecular weight excluding hydrogens is 262 g/mol.